The van der Waals surface area contributed by atoms with Gasteiger partial charge in [-0.1, -0.05) is 21.6 Å². The van der Waals surface area contributed by atoms with Crippen molar-refractivity contribution >= 4 is 21.6 Å². The van der Waals surface area contributed by atoms with Crippen LogP contribution in [0.2, 0.25) is 0 Å². The molecule has 0 bridgehead atoms. The summed E-state index contributed by atoms with van der Waals surface area (Å²) in [6.07, 6.45) is 0. The molecule has 7 heavy (non-hydrogen) atoms. The van der Waals surface area contributed by atoms with Crippen LogP contribution in [0.25, 0.3) is 10.4 Å². The zero-order valence-electron chi connectivity index (χ0n) is 3.24. The molecule has 0 aliphatic carbocycles. The number of nitrogens with two attached hydrogens (primary N) is 1. The van der Waals surface area contributed by atoms with Crippen LogP contribution < -0.4 is 5.73 Å². The summed E-state index contributed by atoms with van der Waals surface area (Å²) in [6.45, 7) is 0. The lowest BCUT2D eigenvalue weighted by atomic mass is 11.2. The fourth-order valence-corrected chi connectivity index (χ4v) is 0.820. The summed E-state index contributed by atoms with van der Waals surface area (Å²) >= 11 is 0. The van der Waals surface area contributed by atoms with E-state index in [-0.39, 0.29) is 0 Å². The first-order valence-electron chi connectivity index (χ1n) is 1.49. The zero-order valence-corrected chi connectivity index (χ0v) is 4.87. The number of hydrogen-bond acceptors (Lipinski definition) is 4. The molecule has 0 saturated carbocycles. The number of hydrogen-bond donors (Lipinski definition) is 1. The molecule has 0 atom stereocenters. The maximum Gasteiger partial charge on any atom is 0.209 e. The topological polar surface area (TPSA) is 74.8 Å². The van der Waals surface area contributed by atoms with E-state index in [9.17, 15) is 0 Å². The van der Waals surface area contributed by atoms with Crippen LogP contribution in [0, 0.1) is 0 Å². The van der Waals surface area contributed by atoms with Crippen molar-refractivity contribution in [2.75, 3.05) is 0 Å². The molecule has 1 saturated heterocycles. The zero-order chi connectivity index (χ0) is 5.33. The normalized spacial score (nSPS) is 23.0. The molecule has 0 spiro atoms. The van der Waals surface area contributed by atoms with E-state index >= 15 is 0 Å². The Hall–Kier alpha value is -0.0300. The van der Waals surface area contributed by atoms with Crippen molar-refractivity contribution in [3.05, 3.63) is 10.4 Å². The first-order chi connectivity index (χ1) is 3.27. The van der Waals surface area contributed by atoms with Crippen molar-refractivity contribution in [3.63, 3.8) is 0 Å². The third kappa shape index (κ3) is 1.17. The van der Waals surface area contributed by atoms with Crippen LogP contribution in [-0.4, -0.2) is 4.33 Å². The highest BCUT2D eigenvalue weighted by atomic mass is 33.2. The third-order valence-electron chi connectivity index (χ3n) is 0.438. The van der Waals surface area contributed by atoms with Crippen LogP contribution in [0.5, 0.6) is 0 Å². The molecule has 1 fully saturated rings. The SMILES string of the molecule is [N-]=[N+]=NC1(N)SS1. The lowest BCUT2D eigenvalue weighted by Gasteiger charge is -1.84. The summed E-state index contributed by atoms with van der Waals surface area (Å²) in [6, 6.07) is 0. The smallest absolute Gasteiger partial charge is 0.209 e. The van der Waals surface area contributed by atoms with E-state index in [1.807, 2.05) is 0 Å². The molecule has 4 nitrogen and oxygen atoms in total. The lowest BCUT2D eigenvalue weighted by molar-refractivity contribution is 0.933. The summed E-state index contributed by atoms with van der Waals surface area (Å²) in [7, 11) is 2.74. The molecule has 0 unspecified atom stereocenters. The van der Waals surface area contributed by atoms with Gasteiger partial charge < -0.3 is 5.73 Å². The van der Waals surface area contributed by atoms with Crippen molar-refractivity contribution < 1.29 is 0 Å². The van der Waals surface area contributed by atoms with Gasteiger partial charge in [0.1, 0.15) is 0 Å². The maximum absolute atomic E-state index is 7.79. The Morgan fingerprint density at radius 2 is 2.29 bits per heavy atom. The van der Waals surface area contributed by atoms with Gasteiger partial charge in [0.05, 0.1) is 0 Å². The molecule has 6 heteroatoms. The van der Waals surface area contributed by atoms with E-state index in [0.717, 1.165) is 0 Å². The average molecular weight is 134 g/mol. The minimum Gasteiger partial charge on any atom is -0.302 e. The van der Waals surface area contributed by atoms with Crippen molar-refractivity contribution in [2.24, 2.45) is 10.8 Å². The van der Waals surface area contributed by atoms with Gasteiger partial charge in [-0.2, -0.15) is 0 Å². The molecule has 1 rings (SSSR count). The molecular weight excluding hydrogens is 132 g/mol. The minimum atomic E-state index is -0.658. The Morgan fingerprint density at radius 3 is 2.43 bits per heavy atom. The van der Waals surface area contributed by atoms with Gasteiger partial charge in [-0.3, -0.25) is 0 Å². The molecule has 1 aliphatic rings. The molecule has 0 aromatic carbocycles. The second-order valence-corrected chi connectivity index (χ2v) is 3.82. The van der Waals surface area contributed by atoms with Gasteiger partial charge in [0.25, 0.3) is 0 Å². The predicted octanol–water partition coefficient (Wildman–Crippen LogP) is 1.26. The molecule has 38 valence electrons. The van der Waals surface area contributed by atoms with E-state index in [2.05, 4.69) is 10.0 Å². The van der Waals surface area contributed by atoms with Crippen molar-refractivity contribution in [2.45, 2.75) is 4.33 Å². The number of azide groups is 1. The summed E-state index contributed by atoms with van der Waals surface area (Å²) < 4.78 is -0.658. The van der Waals surface area contributed by atoms with Crippen LogP contribution in [0.4, 0.5) is 0 Å². The van der Waals surface area contributed by atoms with Crippen molar-refractivity contribution in [1.29, 1.82) is 0 Å². The third-order valence-corrected chi connectivity index (χ3v) is 2.63. The number of nitrogens with zero attached hydrogens (tertiary/aromatic N) is 3. The lowest BCUT2D eigenvalue weighted by Crippen LogP contribution is -2.12. The number of rotatable bonds is 1. The minimum absolute atomic E-state index is 0.658. The monoisotopic (exact) mass is 134 g/mol. The molecule has 2 N–H and O–H groups in total. The van der Waals surface area contributed by atoms with Gasteiger partial charge in [0.15, 0.2) is 0 Å². The van der Waals surface area contributed by atoms with E-state index in [1.165, 1.54) is 21.6 Å². The summed E-state index contributed by atoms with van der Waals surface area (Å²) in [5, 5.41) is 3.25. The van der Waals surface area contributed by atoms with Crippen LogP contribution in [0.3, 0.4) is 0 Å². The van der Waals surface area contributed by atoms with E-state index in [4.69, 9.17) is 11.3 Å². The van der Waals surface area contributed by atoms with E-state index in [1.54, 1.807) is 0 Å². The van der Waals surface area contributed by atoms with Crippen LogP contribution >= 0.6 is 21.6 Å². The fraction of sp³-hybridized carbons (Fsp3) is 1.00. The Kier molecular flexibility index (Phi) is 1.08. The standard InChI is InChI=1S/CH2N4S2/c2-1(4-5-3)6-7-1/h2H2. The van der Waals surface area contributed by atoms with E-state index in [0.29, 0.717) is 0 Å². The molecule has 1 aliphatic heterocycles. The Morgan fingerprint density at radius 1 is 1.71 bits per heavy atom. The average Bonchev–Trinajstić information content (AvgIpc) is 2.22. The van der Waals surface area contributed by atoms with Crippen LogP contribution in [-0.2, 0) is 0 Å². The second kappa shape index (κ2) is 1.48. The maximum atomic E-state index is 7.79. The van der Waals surface area contributed by atoms with E-state index < -0.39 is 4.33 Å². The highest BCUT2D eigenvalue weighted by Crippen LogP contribution is 2.61. The summed E-state index contributed by atoms with van der Waals surface area (Å²) in [5.74, 6) is 0. The molecule has 0 aromatic rings. The summed E-state index contributed by atoms with van der Waals surface area (Å²) in [5.41, 5.74) is 13.1. The Labute approximate surface area is 47.9 Å². The van der Waals surface area contributed by atoms with Gasteiger partial charge in [0.2, 0.25) is 4.33 Å². The predicted molar refractivity (Wildman–Crippen MR) is 31.2 cm³/mol. The first-order valence-corrected chi connectivity index (χ1v) is 3.64. The molecule has 0 aromatic heterocycles. The van der Waals surface area contributed by atoms with Gasteiger partial charge in [-0.25, -0.2) is 0 Å². The van der Waals surface area contributed by atoms with Crippen molar-refractivity contribution in [1.82, 2.24) is 0 Å². The van der Waals surface area contributed by atoms with Crippen molar-refractivity contribution in [3.8, 4) is 0 Å². The highest BCUT2D eigenvalue weighted by molar-refractivity contribution is 8.93. The second-order valence-electron chi connectivity index (χ2n) is 0.987. The first kappa shape index (κ1) is 5.11. The Bertz CT molecular complexity index is 122. The Balaban J connectivity index is 2.55. The molecule has 0 radical (unpaired) electrons. The van der Waals surface area contributed by atoms with Gasteiger partial charge >= 0.3 is 0 Å². The van der Waals surface area contributed by atoms with Gasteiger partial charge in [-0.05, 0) is 10.6 Å². The largest absolute Gasteiger partial charge is 0.302 e. The van der Waals surface area contributed by atoms with Crippen LogP contribution in [0.1, 0.15) is 0 Å². The van der Waals surface area contributed by atoms with Gasteiger partial charge in [0, 0.05) is 4.91 Å². The molecule has 1 heterocycles. The fourth-order valence-electron chi connectivity index (χ4n) is 0.138. The van der Waals surface area contributed by atoms with Gasteiger partial charge in [-0.15, -0.1) is 0 Å². The summed E-state index contributed by atoms with van der Waals surface area (Å²) in [4.78, 5) is 2.53. The molecule has 0 amide bonds. The quantitative estimate of drug-likeness (QED) is 0.193. The highest BCUT2D eigenvalue weighted by Gasteiger charge is 2.41. The molecular formula is CH2N4S2. The van der Waals surface area contributed by atoms with Crippen LogP contribution in [0.15, 0.2) is 5.11 Å².